The number of likely N-dealkylation sites (tertiary alicyclic amines) is 1. The summed E-state index contributed by atoms with van der Waals surface area (Å²) in [5.74, 6) is 0.00299. The SMILES string of the molecule is O=C(O)[C@@H]1CCCN(CCCN2C3=CC=CCC3=COc3ccccc32)C1. The molecule has 1 saturated heterocycles. The first kappa shape index (κ1) is 17.9. The lowest BCUT2D eigenvalue weighted by atomic mass is 9.98. The van der Waals surface area contributed by atoms with Gasteiger partial charge in [-0.1, -0.05) is 24.3 Å². The van der Waals surface area contributed by atoms with E-state index in [4.69, 9.17) is 4.74 Å². The summed E-state index contributed by atoms with van der Waals surface area (Å²) >= 11 is 0. The minimum atomic E-state index is -0.660. The van der Waals surface area contributed by atoms with Crippen molar-refractivity contribution in [2.24, 2.45) is 5.92 Å². The van der Waals surface area contributed by atoms with E-state index in [2.05, 4.69) is 34.1 Å². The van der Waals surface area contributed by atoms with Crippen LogP contribution in [0.3, 0.4) is 0 Å². The third kappa shape index (κ3) is 3.93. The molecule has 2 heterocycles. The highest BCUT2D eigenvalue weighted by Gasteiger charge is 2.26. The summed E-state index contributed by atoms with van der Waals surface area (Å²) in [6.07, 6.45) is 11.9. The smallest absolute Gasteiger partial charge is 0.307 e. The van der Waals surface area contributed by atoms with Crippen LogP contribution in [0.4, 0.5) is 5.69 Å². The standard InChI is InChI=1S/C22H26N2O3/c25-22(26)17-8-5-12-23(15-17)13-6-14-24-19-9-2-1-7-18(19)16-27-21-11-4-3-10-20(21)24/h1-4,9-11,16-17H,5-8,12-15H2,(H,25,26)/t17-/m1/s1. The molecular weight excluding hydrogens is 340 g/mol. The number of piperidine rings is 1. The van der Waals surface area contributed by atoms with E-state index in [0.29, 0.717) is 6.54 Å². The topological polar surface area (TPSA) is 53.0 Å². The van der Waals surface area contributed by atoms with Crippen LogP contribution in [0.1, 0.15) is 25.7 Å². The Hall–Kier alpha value is -2.53. The Morgan fingerprint density at radius 2 is 2.15 bits per heavy atom. The number of rotatable bonds is 5. The molecular formula is C22H26N2O3. The van der Waals surface area contributed by atoms with Gasteiger partial charge in [0.25, 0.3) is 0 Å². The van der Waals surface area contributed by atoms with E-state index < -0.39 is 5.97 Å². The Morgan fingerprint density at radius 1 is 1.26 bits per heavy atom. The zero-order chi connectivity index (χ0) is 18.6. The van der Waals surface area contributed by atoms with E-state index in [1.54, 1.807) is 0 Å². The van der Waals surface area contributed by atoms with Gasteiger partial charge in [0.15, 0.2) is 0 Å². The molecule has 0 radical (unpaired) electrons. The van der Waals surface area contributed by atoms with Crippen molar-refractivity contribution in [2.75, 3.05) is 31.1 Å². The van der Waals surface area contributed by atoms with Crippen molar-refractivity contribution in [3.05, 3.63) is 60.0 Å². The number of para-hydroxylation sites is 2. The van der Waals surface area contributed by atoms with Crippen LogP contribution in [0.15, 0.2) is 60.0 Å². The van der Waals surface area contributed by atoms with Crippen molar-refractivity contribution in [3.8, 4) is 5.75 Å². The molecule has 5 nitrogen and oxygen atoms in total. The molecule has 1 aliphatic carbocycles. The number of nitrogens with zero attached hydrogens (tertiary/aromatic N) is 2. The molecule has 3 aliphatic rings. The fraction of sp³-hybridized carbons (Fsp3) is 0.409. The summed E-state index contributed by atoms with van der Waals surface area (Å²) in [6.45, 7) is 3.47. The minimum absolute atomic E-state index is 0.216. The van der Waals surface area contributed by atoms with Gasteiger partial charge in [0.1, 0.15) is 5.75 Å². The first-order valence-corrected chi connectivity index (χ1v) is 9.77. The van der Waals surface area contributed by atoms with Crippen LogP contribution >= 0.6 is 0 Å². The Labute approximate surface area is 160 Å². The monoisotopic (exact) mass is 366 g/mol. The van der Waals surface area contributed by atoms with Gasteiger partial charge in [0.05, 0.1) is 17.9 Å². The van der Waals surface area contributed by atoms with Crippen molar-refractivity contribution in [3.63, 3.8) is 0 Å². The average Bonchev–Trinajstić information content (AvgIpc) is 2.86. The second kappa shape index (κ2) is 8.01. The largest absolute Gasteiger partial charge is 0.481 e. The van der Waals surface area contributed by atoms with E-state index in [0.717, 1.165) is 56.8 Å². The van der Waals surface area contributed by atoms with Gasteiger partial charge in [-0.3, -0.25) is 4.79 Å². The Bertz CT molecular complexity index is 797. The molecule has 0 aromatic heterocycles. The van der Waals surface area contributed by atoms with Gasteiger partial charge < -0.3 is 19.6 Å². The molecule has 0 amide bonds. The number of hydrogen-bond donors (Lipinski definition) is 1. The molecule has 0 bridgehead atoms. The Balaban J connectivity index is 1.46. The summed E-state index contributed by atoms with van der Waals surface area (Å²) in [4.78, 5) is 15.9. The van der Waals surface area contributed by atoms with Gasteiger partial charge in [0.2, 0.25) is 0 Å². The summed E-state index contributed by atoms with van der Waals surface area (Å²) in [7, 11) is 0. The van der Waals surface area contributed by atoms with E-state index >= 15 is 0 Å². The second-order valence-corrected chi connectivity index (χ2v) is 7.40. The van der Waals surface area contributed by atoms with Crippen LogP contribution < -0.4 is 9.64 Å². The highest BCUT2D eigenvalue weighted by molar-refractivity contribution is 5.70. The van der Waals surface area contributed by atoms with E-state index in [1.807, 2.05) is 24.5 Å². The van der Waals surface area contributed by atoms with Gasteiger partial charge in [0, 0.05) is 24.4 Å². The highest BCUT2D eigenvalue weighted by atomic mass is 16.5. The summed E-state index contributed by atoms with van der Waals surface area (Å²) in [5, 5.41) is 9.29. The number of carboxylic acid groups (broad SMARTS) is 1. The molecule has 1 N–H and O–H groups in total. The van der Waals surface area contributed by atoms with Crippen molar-refractivity contribution in [1.29, 1.82) is 0 Å². The maximum absolute atomic E-state index is 11.3. The van der Waals surface area contributed by atoms with Crippen LogP contribution in [0.5, 0.6) is 5.75 Å². The quantitative estimate of drug-likeness (QED) is 0.859. The van der Waals surface area contributed by atoms with E-state index in [-0.39, 0.29) is 5.92 Å². The third-order valence-corrected chi connectivity index (χ3v) is 5.54. The Kier molecular flexibility index (Phi) is 5.30. The maximum atomic E-state index is 11.3. The minimum Gasteiger partial charge on any atom is -0.481 e. The van der Waals surface area contributed by atoms with Gasteiger partial charge >= 0.3 is 5.97 Å². The molecule has 2 aliphatic heterocycles. The number of anilines is 1. The predicted molar refractivity (Wildman–Crippen MR) is 106 cm³/mol. The first-order chi connectivity index (χ1) is 13.2. The van der Waals surface area contributed by atoms with Crippen molar-refractivity contribution < 1.29 is 14.6 Å². The summed E-state index contributed by atoms with van der Waals surface area (Å²) < 4.78 is 5.93. The molecule has 1 aromatic carbocycles. The van der Waals surface area contributed by atoms with Crippen LogP contribution in [0.25, 0.3) is 0 Å². The van der Waals surface area contributed by atoms with Crippen molar-refractivity contribution in [2.45, 2.75) is 25.7 Å². The average molecular weight is 366 g/mol. The number of hydrogen-bond acceptors (Lipinski definition) is 4. The molecule has 142 valence electrons. The van der Waals surface area contributed by atoms with Crippen molar-refractivity contribution in [1.82, 2.24) is 4.90 Å². The molecule has 4 rings (SSSR count). The third-order valence-electron chi connectivity index (χ3n) is 5.54. The molecule has 27 heavy (non-hydrogen) atoms. The van der Waals surface area contributed by atoms with Crippen LogP contribution in [0, 0.1) is 5.92 Å². The normalized spacial score (nSPS) is 22.1. The lowest BCUT2D eigenvalue weighted by Gasteiger charge is -2.32. The molecule has 5 heteroatoms. The highest BCUT2D eigenvalue weighted by Crippen LogP contribution is 2.38. The van der Waals surface area contributed by atoms with Gasteiger partial charge in [-0.15, -0.1) is 0 Å². The zero-order valence-electron chi connectivity index (χ0n) is 15.5. The van der Waals surface area contributed by atoms with Crippen LogP contribution in [-0.4, -0.2) is 42.2 Å². The van der Waals surface area contributed by atoms with E-state index in [9.17, 15) is 9.90 Å². The number of benzene rings is 1. The molecule has 1 aromatic rings. The molecule has 1 fully saturated rings. The van der Waals surface area contributed by atoms with Gasteiger partial charge in [-0.2, -0.15) is 0 Å². The Morgan fingerprint density at radius 3 is 3.04 bits per heavy atom. The molecule has 0 saturated carbocycles. The summed E-state index contributed by atoms with van der Waals surface area (Å²) in [6, 6.07) is 8.15. The number of carbonyl (C=O) groups is 1. The molecule has 0 unspecified atom stereocenters. The number of carboxylic acids is 1. The first-order valence-electron chi connectivity index (χ1n) is 9.77. The number of ether oxygens (including phenoxy) is 1. The summed E-state index contributed by atoms with van der Waals surface area (Å²) in [5.41, 5.74) is 3.48. The lowest BCUT2D eigenvalue weighted by Crippen LogP contribution is -2.40. The molecule has 1 atom stereocenters. The fourth-order valence-electron chi connectivity index (χ4n) is 4.14. The van der Waals surface area contributed by atoms with E-state index in [1.165, 1.54) is 11.3 Å². The number of aliphatic carboxylic acids is 1. The van der Waals surface area contributed by atoms with Gasteiger partial charge in [-0.05, 0) is 57.0 Å². The van der Waals surface area contributed by atoms with Crippen LogP contribution in [-0.2, 0) is 4.79 Å². The predicted octanol–water partition coefficient (Wildman–Crippen LogP) is 3.80. The molecule has 0 spiro atoms. The van der Waals surface area contributed by atoms with Crippen LogP contribution in [0.2, 0.25) is 0 Å². The second-order valence-electron chi connectivity index (χ2n) is 7.40. The lowest BCUT2D eigenvalue weighted by molar-refractivity contribution is -0.143. The number of fused-ring (bicyclic) bond motifs is 2. The zero-order valence-corrected chi connectivity index (χ0v) is 15.5. The number of allylic oxidation sites excluding steroid dienone is 4. The fourth-order valence-corrected chi connectivity index (χ4v) is 4.14. The van der Waals surface area contributed by atoms with Crippen molar-refractivity contribution >= 4 is 11.7 Å². The van der Waals surface area contributed by atoms with Gasteiger partial charge in [-0.25, -0.2) is 0 Å². The maximum Gasteiger partial charge on any atom is 0.307 e.